The molecule has 2 aromatic heterocycles. The van der Waals surface area contributed by atoms with E-state index in [4.69, 9.17) is 0 Å². The Morgan fingerprint density at radius 1 is 1.08 bits per heavy atom. The van der Waals surface area contributed by atoms with Crippen LogP contribution in [-0.4, -0.2) is 49.5 Å². The van der Waals surface area contributed by atoms with Gasteiger partial charge in [0.2, 0.25) is 0 Å². The van der Waals surface area contributed by atoms with Gasteiger partial charge >= 0.3 is 0 Å². The lowest BCUT2D eigenvalue weighted by molar-refractivity contribution is 0.175. The van der Waals surface area contributed by atoms with Crippen molar-refractivity contribution in [2.45, 2.75) is 51.2 Å². The van der Waals surface area contributed by atoms with E-state index in [0.29, 0.717) is 36.4 Å². The Morgan fingerprint density at radius 2 is 1.89 bits per heavy atom. The van der Waals surface area contributed by atoms with E-state index in [1.165, 1.54) is 6.07 Å². The number of aromatic nitrogens is 5. The van der Waals surface area contributed by atoms with E-state index in [9.17, 15) is 9.18 Å². The zero-order valence-electron chi connectivity index (χ0n) is 20.4. The van der Waals surface area contributed by atoms with E-state index < -0.39 is 0 Å². The topological polar surface area (TPSA) is 91.7 Å². The van der Waals surface area contributed by atoms with Gasteiger partial charge in [0.15, 0.2) is 0 Å². The molecule has 2 N–H and O–H groups in total. The Morgan fingerprint density at radius 3 is 2.72 bits per heavy atom. The number of benzene rings is 2. The maximum Gasteiger partial charge on any atom is 0.272 e. The van der Waals surface area contributed by atoms with Gasteiger partial charge in [-0.1, -0.05) is 30.3 Å². The summed E-state index contributed by atoms with van der Waals surface area (Å²) < 4.78 is 17.2. The standard InChI is InChI=1S/C27H30FN7O/c1-17-14-34(16-25-31-32-26(35(17)25)19-8-10-29-11-9-19)15-20-12-18(6-7-23(20)28)13-24-21-4-2-3-5-22(21)27(36)33-30-24/h2-7,12,17,19,29H,8-11,13-16H2,1H3,(H,33,36). The molecule has 6 rings (SSSR count). The van der Waals surface area contributed by atoms with Gasteiger partial charge in [-0.05, 0) is 50.6 Å². The van der Waals surface area contributed by atoms with Crippen LogP contribution < -0.4 is 10.9 Å². The van der Waals surface area contributed by atoms with Gasteiger partial charge in [0.25, 0.3) is 5.56 Å². The molecular weight excluding hydrogens is 457 g/mol. The van der Waals surface area contributed by atoms with Crippen molar-refractivity contribution in [3.05, 3.63) is 87.1 Å². The first-order valence-electron chi connectivity index (χ1n) is 12.7. The highest BCUT2D eigenvalue weighted by molar-refractivity contribution is 5.83. The Labute approximate surface area is 208 Å². The van der Waals surface area contributed by atoms with E-state index in [1.54, 1.807) is 12.1 Å². The van der Waals surface area contributed by atoms with Crippen LogP contribution in [0.25, 0.3) is 10.8 Å². The summed E-state index contributed by atoms with van der Waals surface area (Å²) in [4.78, 5) is 14.4. The molecule has 4 heterocycles. The van der Waals surface area contributed by atoms with Crippen LogP contribution >= 0.6 is 0 Å². The molecule has 2 aliphatic heterocycles. The molecule has 36 heavy (non-hydrogen) atoms. The minimum Gasteiger partial charge on any atom is -0.317 e. The average molecular weight is 488 g/mol. The lowest BCUT2D eigenvalue weighted by Crippen LogP contribution is -2.37. The van der Waals surface area contributed by atoms with Crippen LogP contribution in [-0.2, 0) is 19.5 Å². The molecule has 0 aliphatic carbocycles. The van der Waals surface area contributed by atoms with Crippen molar-refractivity contribution in [3.8, 4) is 0 Å². The Kier molecular flexibility index (Phi) is 6.10. The normalized spacial score (nSPS) is 19.0. The molecule has 0 bridgehead atoms. The molecule has 186 valence electrons. The van der Waals surface area contributed by atoms with E-state index in [1.807, 2.05) is 24.3 Å². The molecule has 1 atom stereocenters. The highest BCUT2D eigenvalue weighted by Gasteiger charge is 2.30. The lowest BCUT2D eigenvalue weighted by Gasteiger charge is -2.34. The molecule has 8 nitrogen and oxygen atoms in total. The lowest BCUT2D eigenvalue weighted by atomic mass is 9.96. The van der Waals surface area contributed by atoms with Crippen molar-refractivity contribution in [1.82, 2.24) is 35.2 Å². The van der Waals surface area contributed by atoms with Crippen LogP contribution in [0.3, 0.4) is 0 Å². The zero-order chi connectivity index (χ0) is 24.6. The fourth-order valence-electron chi connectivity index (χ4n) is 5.72. The third kappa shape index (κ3) is 4.33. The first kappa shape index (κ1) is 23.0. The highest BCUT2D eigenvalue weighted by atomic mass is 19.1. The predicted octanol–water partition coefficient (Wildman–Crippen LogP) is 3.29. The van der Waals surface area contributed by atoms with Crippen molar-refractivity contribution in [3.63, 3.8) is 0 Å². The second-order valence-corrected chi connectivity index (χ2v) is 10.0. The number of rotatable bonds is 5. The van der Waals surface area contributed by atoms with Crippen molar-refractivity contribution < 1.29 is 4.39 Å². The molecule has 2 aliphatic rings. The fraction of sp³-hybridized carbons (Fsp3) is 0.407. The summed E-state index contributed by atoms with van der Waals surface area (Å²) in [6, 6.07) is 12.9. The van der Waals surface area contributed by atoms with Crippen LogP contribution in [0.1, 0.15) is 60.2 Å². The number of aromatic amines is 1. The maximum absolute atomic E-state index is 14.9. The zero-order valence-corrected chi connectivity index (χ0v) is 20.4. The second-order valence-electron chi connectivity index (χ2n) is 10.0. The predicted molar refractivity (Wildman–Crippen MR) is 135 cm³/mol. The molecule has 0 radical (unpaired) electrons. The van der Waals surface area contributed by atoms with Crippen molar-refractivity contribution in [2.24, 2.45) is 0 Å². The van der Waals surface area contributed by atoms with Crippen LogP contribution in [0.4, 0.5) is 4.39 Å². The Hall–Kier alpha value is -3.43. The molecular formula is C27H30FN7O. The number of nitrogens with one attached hydrogen (secondary N) is 2. The van der Waals surface area contributed by atoms with E-state index in [-0.39, 0.29) is 17.4 Å². The van der Waals surface area contributed by atoms with Gasteiger partial charge in [0.1, 0.15) is 17.5 Å². The summed E-state index contributed by atoms with van der Waals surface area (Å²) in [6.45, 7) is 6.21. The minimum atomic E-state index is -0.215. The molecule has 0 saturated carbocycles. The molecule has 1 saturated heterocycles. The number of fused-ring (bicyclic) bond motifs is 2. The van der Waals surface area contributed by atoms with Gasteiger partial charge in [-0.3, -0.25) is 9.69 Å². The third-order valence-electron chi connectivity index (χ3n) is 7.48. The summed E-state index contributed by atoms with van der Waals surface area (Å²) in [5.74, 6) is 2.30. The Bertz CT molecular complexity index is 1460. The van der Waals surface area contributed by atoms with E-state index in [0.717, 1.165) is 60.8 Å². The van der Waals surface area contributed by atoms with Gasteiger partial charge in [0, 0.05) is 42.4 Å². The molecule has 4 aromatic rings. The van der Waals surface area contributed by atoms with Crippen LogP contribution in [0.5, 0.6) is 0 Å². The quantitative estimate of drug-likeness (QED) is 0.449. The Balaban J connectivity index is 1.22. The summed E-state index contributed by atoms with van der Waals surface area (Å²) in [6.07, 6.45) is 2.69. The van der Waals surface area contributed by atoms with Crippen LogP contribution in [0.15, 0.2) is 47.3 Å². The monoisotopic (exact) mass is 487 g/mol. The number of nitrogens with zero attached hydrogens (tertiary/aromatic N) is 5. The highest BCUT2D eigenvalue weighted by Crippen LogP contribution is 2.30. The van der Waals surface area contributed by atoms with E-state index in [2.05, 4.69) is 42.1 Å². The second kappa shape index (κ2) is 9.55. The number of H-pyrrole nitrogens is 1. The van der Waals surface area contributed by atoms with E-state index >= 15 is 0 Å². The number of hydrogen-bond donors (Lipinski definition) is 2. The van der Waals surface area contributed by atoms with Gasteiger partial charge in [-0.25, -0.2) is 9.49 Å². The van der Waals surface area contributed by atoms with Crippen molar-refractivity contribution in [2.75, 3.05) is 19.6 Å². The maximum atomic E-state index is 14.9. The minimum absolute atomic E-state index is 0.204. The molecule has 0 spiro atoms. The van der Waals surface area contributed by atoms with Crippen molar-refractivity contribution >= 4 is 10.8 Å². The summed E-state index contributed by atoms with van der Waals surface area (Å²) in [5, 5.41) is 20.8. The van der Waals surface area contributed by atoms with Gasteiger partial charge < -0.3 is 9.88 Å². The number of halogens is 1. The van der Waals surface area contributed by atoms with Gasteiger partial charge in [-0.15, -0.1) is 10.2 Å². The molecule has 0 amide bonds. The smallest absolute Gasteiger partial charge is 0.272 e. The first-order chi connectivity index (χ1) is 17.6. The molecule has 1 fully saturated rings. The first-order valence-corrected chi connectivity index (χ1v) is 12.7. The molecule has 9 heteroatoms. The van der Waals surface area contributed by atoms with Crippen LogP contribution in [0.2, 0.25) is 0 Å². The third-order valence-corrected chi connectivity index (χ3v) is 7.48. The number of hydrogen-bond acceptors (Lipinski definition) is 6. The largest absolute Gasteiger partial charge is 0.317 e. The fourth-order valence-corrected chi connectivity index (χ4v) is 5.72. The summed E-state index contributed by atoms with van der Waals surface area (Å²) in [5.41, 5.74) is 2.18. The number of piperidine rings is 1. The van der Waals surface area contributed by atoms with Crippen molar-refractivity contribution in [1.29, 1.82) is 0 Å². The van der Waals surface area contributed by atoms with Gasteiger partial charge in [0.05, 0.1) is 17.6 Å². The average Bonchev–Trinajstić information content (AvgIpc) is 3.33. The van der Waals surface area contributed by atoms with Gasteiger partial charge in [-0.2, -0.15) is 5.10 Å². The van der Waals surface area contributed by atoms with Crippen LogP contribution in [0, 0.1) is 5.82 Å². The summed E-state index contributed by atoms with van der Waals surface area (Å²) >= 11 is 0. The molecule has 2 aromatic carbocycles. The SMILES string of the molecule is CC1CN(Cc2cc(Cc3n[nH]c(=O)c4ccccc34)ccc2F)Cc2nnc(C3CCNCC3)n21. The molecule has 1 unspecified atom stereocenters. The summed E-state index contributed by atoms with van der Waals surface area (Å²) in [7, 11) is 0.